The van der Waals surface area contributed by atoms with Crippen molar-refractivity contribution in [2.45, 2.75) is 44.4 Å². The molecule has 4 nitrogen and oxygen atoms in total. The highest BCUT2D eigenvalue weighted by Crippen LogP contribution is 2.49. The SMILES string of the molecule is Cc1c2c(cc(Br)c1C1(C(=O)O)CCCCC1)OCCO2. The third kappa shape index (κ3) is 2.31. The summed E-state index contributed by atoms with van der Waals surface area (Å²) in [5, 5.41) is 9.90. The van der Waals surface area contributed by atoms with E-state index in [1.165, 1.54) is 0 Å². The molecule has 1 heterocycles. The number of fused-ring (bicyclic) bond motifs is 1. The molecule has 0 radical (unpaired) electrons. The molecule has 5 heteroatoms. The summed E-state index contributed by atoms with van der Waals surface area (Å²) >= 11 is 3.57. The van der Waals surface area contributed by atoms with Gasteiger partial charge in [-0.05, 0) is 31.4 Å². The van der Waals surface area contributed by atoms with E-state index in [1.807, 2.05) is 13.0 Å². The summed E-state index contributed by atoms with van der Waals surface area (Å²) in [6, 6.07) is 1.86. The van der Waals surface area contributed by atoms with Crippen LogP contribution in [0.5, 0.6) is 11.5 Å². The lowest BCUT2D eigenvalue weighted by Gasteiger charge is -2.36. The van der Waals surface area contributed by atoms with Crippen LogP contribution in [-0.2, 0) is 10.2 Å². The van der Waals surface area contributed by atoms with E-state index < -0.39 is 11.4 Å². The van der Waals surface area contributed by atoms with Crippen molar-refractivity contribution < 1.29 is 19.4 Å². The lowest BCUT2D eigenvalue weighted by molar-refractivity contribution is -0.145. The van der Waals surface area contributed by atoms with Crippen LogP contribution in [0.4, 0.5) is 0 Å². The summed E-state index contributed by atoms with van der Waals surface area (Å²) in [4.78, 5) is 12.1. The monoisotopic (exact) mass is 354 g/mol. The van der Waals surface area contributed by atoms with Gasteiger partial charge in [0.1, 0.15) is 13.2 Å². The first-order valence-electron chi connectivity index (χ1n) is 7.39. The van der Waals surface area contributed by atoms with Crippen LogP contribution in [0.15, 0.2) is 10.5 Å². The van der Waals surface area contributed by atoms with Gasteiger partial charge in [-0.3, -0.25) is 4.79 Å². The van der Waals surface area contributed by atoms with Crippen LogP contribution >= 0.6 is 15.9 Å². The molecule has 1 fully saturated rings. The average Bonchev–Trinajstić information content (AvgIpc) is 2.48. The van der Waals surface area contributed by atoms with Crippen molar-refractivity contribution in [3.8, 4) is 11.5 Å². The number of carbonyl (C=O) groups is 1. The fourth-order valence-corrected chi connectivity index (χ4v) is 4.51. The van der Waals surface area contributed by atoms with Crippen LogP contribution in [0.3, 0.4) is 0 Å². The summed E-state index contributed by atoms with van der Waals surface area (Å²) in [6.45, 7) is 2.98. The molecule has 0 spiro atoms. The van der Waals surface area contributed by atoms with Crippen LogP contribution in [0.1, 0.15) is 43.2 Å². The van der Waals surface area contributed by atoms with Gasteiger partial charge in [0.15, 0.2) is 11.5 Å². The number of halogens is 1. The van der Waals surface area contributed by atoms with E-state index in [1.54, 1.807) is 0 Å². The Morgan fingerprint density at radius 3 is 2.57 bits per heavy atom. The molecule has 0 aromatic heterocycles. The molecule has 114 valence electrons. The topological polar surface area (TPSA) is 55.8 Å². The molecule has 1 aliphatic carbocycles. The first-order chi connectivity index (χ1) is 10.1. The predicted octanol–water partition coefficient (Wildman–Crippen LogP) is 3.82. The molecule has 0 bridgehead atoms. The van der Waals surface area contributed by atoms with Crippen molar-refractivity contribution in [1.82, 2.24) is 0 Å². The standard InChI is InChI=1S/C16H19BrO4/c1-10-13(16(15(18)19)5-3-2-4-6-16)11(17)9-12-14(10)21-8-7-20-12/h9H,2-8H2,1H3,(H,18,19). The second-order valence-electron chi connectivity index (χ2n) is 5.83. The maximum atomic E-state index is 12.1. The molecule has 2 aliphatic rings. The molecule has 3 rings (SSSR count). The minimum Gasteiger partial charge on any atom is -0.486 e. The van der Waals surface area contributed by atoms with Crippen molar-refractivity contribution in [2.75, 3.05) is 13.2 Å². The van der Waals surface area contributed by atoms with Crippen LogP contribution in [0, 0.1) is 6.92 Å². The van der Waals surface area contributed by atoms with E-state index in [0.29, 0.717) is 37.6 Å². The lowest BCUT2D eigenvalue weighted by Crippen LogP contribution is -2.39. The van der Waals surface area contributed by atoms with Gasteiger partial charge in [0.05, 0.1) is 5.41 Å². The van der Waals surface area contributed by atoms with Gasteiger partial charge in [-0.15, -0.1) is 0 Å². The molecule has 0 amide bonds. The number of rotatable bonds is 2. The number of benzene rings is 1. The number of hydrogen-bond donors (Lipinski definition) is 1. The minimum absolute atomic E-state index is 0.509. The Kier molecular flexibility index (Phi) is 3.86. The Morgan fingerprint density at radius 2 is 1.90 bits per heavy atom. The summed E-state index contributed by atoms with van der Waals surface area (Å²) in [5.74, 6) is 0.666. The predicted molar refractivity (Wildman–Crippen MR) is 82.3 cm³/mol. The van der Waals surface area contributed by atoms with Gasteiger partial charge in [0, 0.05) is 10.0 Å². The van der Waals surface area contributed by atoms with Gasteiger partial charge in [0.2, 0.25) is 0 Å². The number of hydrogen-bond acceptors (Lipinski definition) is 3. The Balaban J connectivity index is 2.18. The highest BCUT2D eigenvalue weighted by atomic mass is 79.9. The fraction of sp³-hybridized carbons (Fsp3) is 0.562. The number of aliphatic carboxylic acids is 1. The summed E-state index contributed by atoms with van der Waals surface area (Å²) in [5.41, 5.74) is 0.944. The van der Waals surface area contributed by atoms with Gasteiger partial charge in [0.25, 0.3) is 0 Å². The summed E-state index contributed by atoms with van der Waals surface area (Å²) in [6.07, 6.45) is 4.37. The maximum absolute atomic E-state index is 12.1. The molecule has 1 saturated carbocycles. The van der Waals surface area contributed by atoms with E-state index in [4.69, 9.17) is 9.47 Å². The quantitative estimate of drug-likeness (QED) is 0.876. The van der Waals surface area contributed by atoms with E-state index in [-0.39, 0.29) is 0 Å². The number of ether oxygens (including phenoxy) is 2. The van der Waals surface area contributed by atoms with Crippen molar-refractivity contribution in [2.24, 2.45) is 0 Å². The lowest BCUT2D eigenvalue weighted by atomic mass is 9.68. The molecule has 1 aliphatic heterocycles. The number of carboxylic acids is 1. The van der Waals surface area contributed by atoms with E-state index in [9.17, 15) is 9.90 Å². The summed E-state index contributed by atoms with van der Waals surface area (Å²) < 4.78 is 12.2. The van der Waals surface area contributed by atoms with Crippen LogP contribution in [-0.4, -0.2) is 24.3 Å². The van der Waals surface area contributed by atoms with Crippen LogP contribution < -0.4 is 9.47 Å². The van der Waals surface area contributed by atoms with Crippen molar-refractivity contribution in [3.63, 3.8) is 0 Å². The van der Waals surface area contributed by atoms with Crippen LogP contribution in [0.25, 0.3) is 0 Å². The largest absolute Gasteiger partial charge is 0.486 e. The number of carboxylic acid groups (broad SMARTS) is 1. The zero-order valence-corrected chi connectivity index (χ0v) is 13.7. The van der Waals surface area contributed by atoms with Gasteiger partial charge in [-0.2, -0.15) is 0 Å². The van der Waals surface area contributed by atoms with Crippen molar-refractivity contribution in [1.29, 1.82) is 0 Å². The third-order valence-corrected chi connectivity index (χ3v) is 5.24. The smallest absolute Gasteiger partial charge is 0.314 e. The zero-order chi connectivity index (χ0) is 15.0. The molecule has 21 heavy (non-hydrogen) atoms. The van der Waals surface area contributed by atoms with Gasteiger partial charge >= 0.3 is 5.97 Å². The first-order valence-corrected chi connectivity index (χ1v) is 8.18. The van der Waals surface area contributed by atoms with Gasteiger partial charge < -0.3 is 14.6 Å². The van der Waals surface area contributed by atoms with Crippen molar-refractivity contribution in [3.05, 3.63) is 21.7 Å². The Morgan fingerprint density at radius 1 is 1.24 bits per heavy atom. The van der Waals surface area contributed by atoms with E-state index in [0.717, 1.165) is 34.9 Å². The molecular formula is C16H19BrO4. The Labute approximate surface area is 132 Å². The van der Waals surface area contributed by atoms with Crippen LogP contribution in [0.2, 0.25) is 0 Å². The zero-order valence-electron chi connectivity index (χ0n) is 12.1. The molecule has 0 unspecified atom stereocenters. The molecular weight excluding hydrogens is 336 g/mol. The van der Waals surface area contributed by atoms with Crippen molar-refractivity contribution >= 4 is 21.9 Å². The maximum Gasteiger partial charge on any atom is 0.314 e. The Bertz CT molecular complexity index is 576. The average molecular weight is 355 g/mol. The molecule has 0 atom stereocenters. The molecule has 0 saturated heterocycles. The highest BCUT2D eigenvalue weighted by molar-refractivity contribution is 9.10. The molecule has 1 aromatic carbocycles. The fourth-order valence-electron chi connectivity index (χ4n) is 3.63. The van der Waals surface area contributed by atoms with Gasteiger partial charge in [-0.25, -0.2) is 0 Å². The summed E-state index contributed by atoms with van der Waals surface area (Å²) in [7, 11) is 0. The minimum atomic E-state index is -0.809. The Hall–Kier alpha value is -1.23. The second kappa shape index (κ2) is 5.52. The van der Waals surface area contributed by atoms with E-state index in [2.05, 4.69) is 15.9 Å². The molecule has 1 N–H and O–H groups in total. The highest BCUT2D eigenvalue weighted by Gasteiger charge is 2.44. The van der Waals surface area contributed by atoms with E-state index >= 15 is 0 Å². The molecule has 1 aromatic rings. The first kappa shape index (κ1) is 14.7. The second-order valence-corrected chi connectivity index (χ2v) is 6.68. The van der Waals surface area contributed by atoms with Gasteiger partial charge in [-0.1, -0.05) is 35.2 Å². The third-order valence-electron chi connectivity index (χ3n) is 4.62. The normalized spacial score (nSPS) is 20.1.